The van der Waals surface area contributed by atoms with Gasteiger partial charge in [-0.3, -0.25) is 0 Å². The lowest BCUT2D eigenvalue weighted by molar-refractivity contribution is 0.118. The first-order chi connectivity index (χ1) is 23.1. The number of nitrogens with one attached hydrogen (secondary N) is 4. The van der Waals surface area contributed by atoms with Crippen LogP contribution in [0, 0.1) is 0 Å². The highest BCUT2D eigenvalue weighted by Gasteiger charge is 2.25. The Kier molecular flexibility index (Phi) is 8.12. The third-order valence-electron chi connectivity index (χ3n) is 9.64. The summed E-state index contributed by atoms with van der Waals surface area (Å²) in [6.07, 6.45) is 1.08. The smallest absolute Gasteiger partial charge is 0.231 e. The number of benzene rings is 4. The number of rotatable bonds is 7. The number of hydrogen-bond acceptors (Lipinski definition) is 9. The number of β-amino-alcohol motifs (C(OH)–C–C–N with tert-alkyl or cyclic N) is 2. The summed E-state index contributed by atoms with van der Waals surface area (Å²) < 4.78 is 11.2. The molecular weight excluding hydrogens is 590 g/mol. The van der Waals surface area contributed by atoms with Crippen LogP contribution in [0.15, 0.2) is 91.0 Å². The van der Waals surface area contributed by atoms with E-state index in [1.54, 1.807) is 0 Å². The lowest BCUT2D eigenvalue weighted by Crippen LogP contribution is -2.39. The Bertz CT molecular complexity index is 1880. The van der Waals surface area contributed by atoms with Crippen LogP contribution >= 0.6 is 0 Å². The van der Waals surface area contributed by atoms with Crippen molar-refractivity contribution in [3.63, 3.8) is 0 Å². The quantitative estimate of drug-likeness (QED) is 0.129. The molecule has 5 aromatic rings. The van der Waals surface area contributed by atoms with Gasteiger partial charge in [0.05, 0.1) is 23.4 Å². The average Bonchev–Trinajstić information content (AvgIpc) is 3.58. The second kappa shape index (κ2) is 12.8. The van der Waals surface area contributed by atoms with Gasteiger partial charge in [0.1, 0.15) is 5.82 Å². The van der Waals surface area contributed by atoms with Crippen molar-refractivity contribution in [1.29, 1.82) is 0 Å². The van der Waals surface area contributed by atoms with Gasteiger partial charge in [0, 0.05) is 47.8 Å². The Labute approximate surface area is 274 Å². The number of piperidine rings is 2. The van der Waals surface area contributed by atoms with E-state index < -0.39 is 0 Å². The van der Waals surface area contributed by atoms with Crippen LogP contribution in [0.25, 0.3) is 22.0 Å². The van der Waals surface area contributed by atoms with E-state index in [0.717, 1.165) is 93.5 Å². The number of aromatic nitrogens is 1. The number of pyridine rings is 1. The standard InChI is InChI=1S/C38H39N5O4/c44-34-20-39-15-13-29(34)23-1-7-27(8-2-23)41-33-19-38(42-28-9-3-24(4-10-28)30-14-16-40-21-35(30)45)43-32-11-5-25(17-31(32)33)26-6-12-36-37(18-26)47-22-46-36/h1-12,17-19,29-30,34-35,39-40,44-45H,13-16,20-22H2,(H2,41,42,43)/t29?,30?,34-,35-/m0/s1. The van der Waals surface area contributed by atoms with Gasteiger partial charge in [-0.05, 0) is 96.7 Å². The minimum absolute atomic E-state index is 0.136. The Hall–Kier alpha value is -4.67. The van der Waals surface area contributed by atoms with Gasteiger partial charge in [0.2, 0.25) is 6.79 Å². The minimum Gasteiger partial charge on any atom is -0.454 e. The summed E-state index contributed by atoms with van der Waals surface area (Å²) >= 11 is 0. The molecule has 8 rings (SSSR count). The molecule has 0 aliphatic carbocycles. The van der Waals surface area contributed by atoms with Crippen LogP contribution in [-0.4, -0.2) is 60.4 Å². The van der Waals surface area contributed by atoms with Gasteiger partial charge in [-0.2, -0.15) is 0 Å². The third kappa shape index (κ3) is 6.23. The van der Waals surface area contributed by atoms with Gasteiger partial charge >= 0.3 is 0 Å². The molecule has 1 aromatic heterocycles. The average molecular weight is 630 g/mol. The zero-order chi connectivity index (χ0) is 31.7. The summed E-state index contributed by atoms with van der Waals surface area (Å²) in [4.78, 5) is 5.00. The van der Waals surface area contributed by atoms with Crippen molar-refractivity contribution >= 4 is 33.8 Å². The molecule has 6 N–H and O–H groups in total. The number of fused-ring (bicyclic) bond motifs is 2. The van der Waals surface area contributed by atoms with Crippen molar-refractivity contribution in [2.24, 2.45) is 0 Å². The number of hydrogen-bond donors (Lipinski definition) is 6. The molecule has 3 aliphatic rings. The van der Waals surface area contributed by atoms with Gasteiger partial charge in [-0.25, -0.2) is 4.98 Å². The first kappa shape index (κ1) is 29.7. The Balaban J connectivity index is 1.11. The normalized spacial score (nSPS) is 22.3. The van der Waals surface area contributed by atoms with E-state index in [4.69, 9.17) is 14.5 Å². The topological polar surface area (TPSA) is 120 Å². The Morgan fingerprint density at radius 2 is 1.23 bits per heavy atom. The number of aliphatic hydroxyl groups excluding tert-OH is 2. The van der Waals surface area contributed by atoms with E-state index in [1.807, 2.05) is 24.3 Å². The summed E-state index contributed by atoms with van der Waals surface area (Å²) in [6.45, 7) is 3.31. The molecule has 0 bridgehead atoms. The molecule has 0 radical (unpaired) electrons. The highest BCUT2D eigenvalue weighted by atomic mass is 16.7. The van der Waals surface area contributed by atoms with Crippen molar-refractivity contribution in [3.8, 4) is 22.6 Å². The molecular formula is C38H39N5O4. The maximum atomic E-state index is 10.5. The van der Waals surface area contributed by atoms with E-state index in [1.165, 1.54) is 0 Å². The molecule has 0 amide bonds. The van der Waals surface area contributed by atoms with Gasteiger partial charge < -0.3 is 41.0 Å². The first-order valence-corrected chi connectivity index (χ1v) is 16.4. The highest BCUT2D eigenvalue weighted by Crippen LogP contribution is 2.38. The predicted octanol–water partition coefficient (Wildman–Crippen LogP) is 5.99. The maximum Gasteiger partial charge on any atom is 0.231 e. The summed E-state index contributed by atoms with van der Waals surface area (Å²) in [5.41, 5.74) is 8.04. The van der Waals surface area contributed by atoms with Crippen LogP contribution in [0.5, 0.6) is 11.5 Å². The summed E-state index contributed by atoms with van der Waals surface area (Å²) in [6, 6.07) is 31.0. The van der Waals surface area contributed by atoms with Gasteiger partial charge in [0.15, 0.2) is 11.5 Å². The number of nitrogens with zero attached hydrogens (tertiary/aromatic N) is 1. The predicted molar refractivity (Wildman–Crippen MR) is 185 cm³/mol. The monoisotopic (exact) mass is 629 g/mol. The van der Waals surface area contributed by atoms with Crippen molar-refractivity contribution in [2.75, 3.05) is 43.6 Å². The summed E-state index contributed by atoms with van der Waals surface area (Å²) in [5.74, 6) is 2.51. The highest BCUT2D eigenvalue weighted by molar-refractivity contribution is 5.97. The zero-order valence-corrected chi connectivity index (χ0v) is 26.1. The molecule has 9 nitrogen and oxygen atoms in total. The van der Waals surface area contributed by atoms with Gasteiger partial charge in [-0.1, -0.05) is 36.4 Å². The molecule has 9 heteroatoms. The molecule has 240 valence electrons. The van der Waals surface area contributed by atoms with Gasteiger partial charge in [-0.15, -0.1) is 0 Å². The van der Waals surface area contributed by atoms with Gasteiger partial charge in [0.25, 0.3) is 0 Å². The molecule has 4 aromatic carbocycles. The van der Waals surface area contributed by atoms with Crippen molar-refractivity contribution < 1.29 is 19.7 Å². The SMILES string of the molecule is O[C@H]1CNCCC1c1ccc(Nc2cc(Nc3ccc(C4CCNC[C@@H]4O)cc3)c3cc(-c4ccc5c(c4)OCO5)ccc3n2)cc1. The van der Waals surface area contributed by atoms with E-state index >= 15 is 0 Å². The molecule has 2 unspecified atom stereocenters. The fourth-order valence-electron chi connectivity index (χ4n) is 7.04. The lowest BCUT2D eigenvalue weighted by atomic mass is 9.88. The molecule has 47 heavy (non-hydrogen) atoms. The zero-order valence-electron chi connectivity index (χ0n) is 26.1. The Morgan fingerprint density at radius 3 is 1.89 bits per heavy atom. The second-order valence-electron chi connectivity index (χ2n) is 12.7. The largest absolute Gasteiger partial charge is 0.454 e. The van der Waals surface area contributed by atoms with Crippen molar-refractivity contribution in [1.82, 2.24) is 15.6 Å². The van der Waals surface area contributed by atoms with E-state index in [0.29, 0.717) is 13.1 Å². The van der Waals surface area contributed by atoms with Crippen LogP contribution in [0.2, 0.25) is 0 Å². The van der Waals surface area contributed by atoms with Crippen LogP contribution in [0.3, 0.4) is 0 Å². The summed E-state index contributed by atoms with van der Waals surface area (Å²) in [7, 11) is 0. The fraction of sp³-hybridized carbons (Fsp3) is 0.289. The minimum atomic E-state index is -0.381. The fourth-order valence-corrected chi connectivity index (χ4v) is 7.04. The summed E-state index contributed by atoms with van der Waals surface area (Å²) in [5, 5.41) is 35.7. The van der Waals surface area contributed by atoms with Crippen LogP contribution in [0.1, 0.15) is 35.8 Å². The number of ether oxygens (including phenoxy) is 2. The number of aliphatic hydroxyl groups is 2. The molecule has 4 atom stereocenters. The molecule has 2 fully saturated rings. The first-order valence-electron chi connectivity index (χ1n) is 16.4. The van der Waals surface area contributed by atoms with Crippen LogP contribution in [0.4, 0.5) is 22.9 Å². The third-order valence-corrected chi connectivity index (χ3v) is 9.64. The number of anilines is 4. The lowest BCUT2D eigenvalue weighted by Gasteiger charge is -2.28. The van der Waals surface area contributed by atoms with E-state index in [-0.39, 0.29) is 30.8 Å². The van der Waals surface area contributed by atoms with Crippen molar-refractivity contribution in [2.45, 2.75) is 36.9 Å². The molecule has 0 saturated carbocycles. The van der Waals surface area contributed by atoms with Crippen molar-refractivity contribution in [3.05, 3.63) is 102 Å². The molecule has 2 saturated heterocycles. The molecule has 3 aliphatic heterocycles. The maximum absolute atomic E-state index is 10.5. The van der Waals surface area contributed by atoms with Crippen LogP contribution < -0.4 is 30.7 Å². The molecule has 0 spiro atoms. The Morgan fingerprint density at radius 1 is 0.638 bits per heavy atom. The second-order valence-corrected chi connectivity index (χ2v) is 12.7. The molecule has 4 heterocycles. The van der Waals surface area contributed by atoms with E-state index in [2.05, 4.69) is 88.0 Å². The van der Waals surface area contributed by atoms with E-state index in [9.17, 15) is 10.2 Å². The van der Waals surface area contributed by atoms with Crippen LogP contribution in [-0.2, 0) is 0 Å².